The Bertz CT molecular complexity index is 957. The van der Waals surface area contributed by atoms with E-state index in [2.05, 4.69) is 45.0 Å². The minimum atomic E-state index is -1.08. The fourth-order valence-corrected chi connectivity index (χ4v) is 3.71. The molecule has 8 nitrogen and oxygen atoms in total. The predicted octanol–water partition coefficient (Wildman–Crippen LogP) is 3.97. The summed E-state index contributed by atoms with van der Waals surface area (Å²) in [5, 5.41) is 8.53. The fourth-order valence-electron chi connectivity index (χ4n) is 2.61. The van der Waals surface area contributed by atoms with Crippen LogP contribution in [0.25, 0.3) is 11.4 Å². The van der Waals surface area contributed by atoms with E-state index in [0.29, 0.717) is 24.3 Å². The van der Waals surface area contributed by atoms with E-state index in [9.17, 15) is 0 Å². The highest BCUT2D eigenvalue weighted by molar-refractivity contribution is 7.98. The molecule has 0 radical (unpaired) electrons. The van der Waals surface area contributed by atoms with Crippen molar-refractivity contribution < 1.29 is 4.74 Å². The van der Waals surface area contributed by atoms with Crippen LogP contribution in [-0.2, 0) is 18.0 Å². The summed E-state index contributed by atoms with van der Waals surface area (Å²) < 4.78 is 7.46. The van der Waals surface area contributed by atoms with Gasteiger partial charge in [0, 0.05) is 44.2 Å². The van der Waals surface area contributed by atoms with E-state index < -0.39 is 8.07 Å². The normalized spacial score (nSPS) is 11.6. The number of rotatable bonds is 10. The van der Waals surface area contributed by atoms with Crippen molar-refractivity contribution in [1.82, 2.24) is 24.7 Å². The number of nitrogens with one attached hydrogen (secondary N) is 1. The van der Waals surface area contributed by atoms with Gasteiger partial charge < -0.3 is 15.8 Å². The SMILES string of the molecule is CSc1ncc(CN)c(Nc2ccc(-c3ncn(COCC[Si](C)(C)C)n3)cc2)n1. The molecular weight excluding hydrogens is 414 g/mol. The number of hydrogen-bond donors (Lipinski definition) is 2. The maximum Gasteiger partial charge on any atom is 0.189 e. The molecule has 2 heterocycles. The van der Waals surface area contributed by atoms with Crippen LogP contribution < -0.4 is 11.1 Å². The van der Waals surface area contributed by atoms with Crippen LogP contribution in [0.2, 0.25) is 25.7 Å². The number of nitrogens with two attached hydrogens (primary N) is 1. The summed E-state index contributed by atoms with van der Waals surface area (Å²) >= 11 is 1.49. The molecule has 2 aromatic heterocycles. The van der Waals surface area contributed by atoms with Crippen LogP contribution in [-0.4, -0.2) is 45.7 Å². The summed E-state index contributed by atoms with van der Waals surface area (Å²) in [6.07, 6.45) is 5.41. The molecule has 3 N–H and O–H groups in total. The zero-order valence-corrected chi connectivity index (χ0v) is 19.7. The van der Waals surface area contributed by atoms with Crippen molar-refractivity contribution in [3.05, 3.63) is 42.4 Å². The first-order valence-electron chi connectivity index (χ1n) is 9.82. The third-order valence-corrected chi connectivity index (χ3v) is 6.67. The first-order chi connectivity index (χ1) is 14.4. The standard InChI is InChI=1S/C20H29N7OSSi/c1-29-20-22-12-16(11-21)19(25-20)24-17-7-5-15(6-8-17)18-23-13-27(26-18)14-28-9-10-30(2,3)4/h5-8,12-13H,9-11,14,21H2,1-4H3,(H,22,24,25). The number of ether oxygens (including phenoxy) is 1. The average molecular weight is 444 g/mol. The van der Waals surface area contributed by atoms with Crippen molar-refractivity contribution in [3.8, 4) is 11.4 Å². The Morgan fingerprint density at radius 2 is 1.93 bits per heavy atom. The fraction of sp³-hybridized carbons (Fsp3) is 0.400. The van der Waals surface area contributed by atoms with Crippen LogP contribution >= 0.6 is 11.8 Å². The average Bonchev–Trinajstić information content (AvgIpc) is 3.20. The second kappa shape index (κ2) is 10.2. The maximum atomic E-state index is 5.81. The van der Waals surface area contributed by atoms with E-state index in [0.717, 1.165) is 35.3 Å². The van der Waals surface area contributed by atoms with Crippen LogP contribution in [0.1, 0.15) is 5.56 Å². The zero-order valence-electron chi connectivity index (χ0n) is 17.9. The van der Waals surface area contributed by atoms with Gasteiger partial charge in [0.1, 0.15) is 18.9 Å². The smallest absolute Gasteiger partial charge is 0.189 e. The Kier molecular flexibility index (Phi) is 7.59. The Balaban J connectivity index is 1.62. The van der Waals surface area contributed by atoms with E-state index >= 15 is 0 Å². The van der Waals surface area contributed by atoms with E-state index in [1.165, 1.54) is 11.8 Å². The van der Waals surface area contributed by atoms with E-state index in [4.69, 9.17) is 10.5 Å². The van der Waals surface area contributed by atoms with E-state index in [1.54, 1.807) is 17.2 Å². The van der Waals surface area contributed by atoms with Crippen LogP contribution in [0.4, 0.5) is 11.5 Å². The summed E-state index contributed by atoms with van der Waals surface area (Å²) in [7, 11) is -1.08. The van der Waals surface area contributed by atoms with Gasteiger partial charge in [-0.15, -0.1) is 5.10 Å². The van der Waals surface area contributed by atoms with Crippen LogP contribution in [0.15, 0.2) is 41.9 Å². The maximum absolute atomic E-state index is 5.81. The third-order valence-electron chi connectivity index (χ3n) is 4.41. The molecule has 30 heavy (non-hydrogen) atoms. The molecule has 160 valence electrons. The molecule has 0 amide bonds. The molecule has 0 unspecified atom stereocenters. The molecule has 0 saturated heterocycles. The van der Waals surface area contributed by atoms with Gasteiger partial charge in [0.2, 0.25) is 0 Å². The molecule has 0 atom stereocenters. The van der Waals surface area contributed by atoms with Crippen molar-refractivity contribution in [2.45, 2.75) is 44.1 Å². The summed E-state index contributed by atoms with van der Waals surface area (Å²) in [4.78, 5) is 13.2. The number of thioether (sulfide) groups is 1. The second-order valence-corrected chi connectivity index (χ2v) is 14.5. The van der Waals surface area contributed by atoms with Gasteiger partial charge in [0.25, 0.3) is 0 Å². The molecule has 1 aromatic carbocycles. The van der Waals surface area contributed by atoms with E-state index in [1.807, 2.05) is 30.5 Å². The van der Waals surface area contributed by atoms with Gasteiger partial charge in [0.05, 0.1) is 0 Å². The number of benzene rings is 1. The van der Waals surface area contributed by atoms with Gasteiger partial charge in [-0.3, -0.25) is 0 Å². The lowest BCUT2D eigenvalue weighted by Gasteiger charge is -2.15. The number of nitrogens with zero attached hydrogens (tertiary/aromatic N) is 5. The monoisotopic (exact) mass is 443 g/mol. The van der Waals surface area contributed by atoms with Gasteiger partial charge in [0.15, 0.2) is 11.0 Å². The topological polar surface area (TPSA) is 104 Å². The van der Waals surface area contributed by atoms with Crippen molar-refractivity contribution in [3.63, 3.8) is 0 Å². The number of hydrogen-bond acceptors (Lipinski definition) is 8. The van der Waals surface area contributed by atoms with Gasteiger partial charge in [-0.2, -0.15) is 0 Å². The quantitative estimate of drug-likeness (QED) is 0.210. The highest BCUT2D eigenvalue weighted by Gasteiger charge is 2.12. The van der Waals surface area contributed by atoms with Crippen LogP contribution in [0.5, 0.6) is 0 Å². The minimum absolute atomic E-state index is 0.371. The van der Waals surface area contributed by atoms with Gasteiger partial charge in [-0.25, -0.2) is 19.6 Å². The molecule has 3 rings (SSSR count). The van der Waals surface area contributed by atoms with Gasteiger partial charge >= 0.3 is 0 Å². The number of anilines is 2. The summed E-state index contributed by atoms with van der Waals surface area (Å²) in [5.74, 6) is 1.40. The van der Waals surface area contributed by atoms with Crippen LogP contribution in [0, 0.1) is 0 Å². The van der Waals surface area contributed by atoms with Crippen molar-refractivity contribution in [2.24, 2.45) is 5.73 Å². The molecule has 0 aliphatic carbocycles. The molecule has 0 aliphatic rings. The van der Waals surface area contributed by atoms with Crippen molar-refractivity contribution in [2.75, 3.05) is 18.2 Å². The van der Waals surface area contributed by atoms with Crippen molar-refractivity contribution >= 4 is 31.3 Å². The van der Waals surface area contributed by atoms with E-state index in [-0.39, 0.29) is 0 Å². The molecule has 0 spiro atoms. The lowest BCUT2D eigenvalue weighted by Crippen LogP contribution is -2.22. The number of aromatic nitrogens is 5. The van der Waals surface area contributed by atoms with Gasteiger partial charge in [-0.05, 0) is 36.6 Å². The lowest BCUT2D eigenvalue weighted by atomic mass is 10.2. The van der Waals surface area contributed by atoms with Gasteiger partial charge in [-0.1, -0.05) is 31.4 Å². The molecule has 3 aromatic rings. The minimum Gasteiger partial charge on any atom is -0.359 e. The summed E-state index contributed by atoms with van der Waals surface area (Å²) in [6, 6.07) is 9.04. The molecule has 0 aliphatic heterocycles. The second-order valence-electron chi connectivity index (χ2n) is 8.09. The Labute approximate surface area is 182 Å². The highest BCUT2D eigenvalue weighted by atomic mass is 32.2. The highest BCUT2D eigenvalue weighted by Crippen LogP contribution is 2.23. The first-order valence-corrected chi connectivity index (χ1v) is 14.8. The molecular formula is C20H29N7OSSi. The summed E-state index contributed by atoms with van der Waals surface area (Å²) in [5.41, 5.74) is 8.52. The predicted molar refractivity (Wildman–Crippen MR) is 125 cm³/mol. The Morgan fingerprint density at radius 1 is 1.17 bits per heavy atom. The van der Waals surface area contributed by atoms with Crippen LogP contribution in [0.3, 0.4) is 0 Å². The van der Waals surface area contributed by atoms with Crippen molar-refractivity contribution in [1.29, 1.82) is 0 Å². The third kappa shape index (κ3) is 6.36. The molecule has 10 heteroatoms. The molecule has 0 fully saturated rings. The molecule has 0 bridgehead atoms. The first kappa shape index (κ1) is 22.4. The Morgan fingerprint density at radius 3 is 2.60 bits per heavy atom. The lowest BCUT2D eigenvalue weighted by molar-refractivity contribution is 0.0785. The Hall–Kier alpha value is -2.27. The summed E-state index contributed by atoms with van der Waals surface area (Å²) in [6.45, 7) is 8.57. The zero-order chi connectivity index (χ0) is 21.6. The molecule has 0 saturated carbocycles. The largest absolute Gasteiger partial charge is 0.359 e.